The molecule has 0 saturated carbocycles. The fourth-order valence-electron chi connectivity index (χ4n) is 0.687. The molecule has 0 aliphatic rings. The van der Waals surface area contributed by atoms with Crippen molar-refractivity contribution in [1.29, 1.82) is 0 Å². The molecule has 0 aliphatic carbocycles. The molecule has 0 saturated heterocycles. The molecule has 0 unspecified atom stereocenters. The van der Waals surface area contributed by atoms with Crippen molar-refractivity contribution in [2.75, 3.05) is 0 Å². The van der Waals surface area contributed by atoms with Crippen LogP contribution in [-0.2, 0) is 0 Å². The second kappa shape index (κ2) is 2.80. The fourth-order valence-corrected chi connectivity index (χ4v) is 0.687. The molecule has 1 aromatic rings. The molecule has 0 bridgehead atoms. The monoisotopic (exact) mass is 178 g/mol. The summed E-state index contributed by atoms with van der Waals surface area (Å²) < 4.78 is 36.0. The van der Waals surface area contributed by atoms with E-state index < -0.39 is 12.6 Å². The highest BCUT2D eigenvalue weighted by Crippen LogP contribution is 2.07. The third-order valence-electron chi connectivity index (χ3n) is 1.32. The minimum absolute atomic E-state index is 0.142. The summed E-state index contributed by atoms with van der Waals surface area (Å²) in [5, 5.41) is 6.77. The van der Waals surface area contributed by atoms with Gasteiger partial charge in [-0.25, -0.2) is 0 Å². The number of nitrogens with zero attached hydrogens (tertiary/aromatic N) is 3. The van der Waals surface area contributed by atoms with Gasteiger partial charge in [0.05, 0.1) is 6.04 Å². The zero-order chi connectivity index (χ0) is 9.35. The van der Waals surface area contributed by atoms with Crippen LogP contribution < -0.4 is 5.59 Å². The zero-order valence-corrected chi connectivity index (χ0v) is 6.71. The Morgan fingerprint density at radius 3 is 2.25 bits per heavy atom. The van der Waals surface area contributed by atoms with E-state index in [0.717, 1.165) is 11.0 Å². The first-order valence-electron chi connectivity index (χ1n) is 3.53. The first-order valence-corrected chi connectivity index (χ1v) is 3.53. The van der Waals surface area contributed by atoms with Crippen LogP contribution in [0.15, 0.2) is 6.20 Å². The minimum atomic E-state index is -5.01. The van der Waals surface area contributed by atoms with E-state index in [2.05, 4.69) is 10.2 Å². The molecule has 0 fully saturated rings. The molecule has 0 amide bonds. The van der Waals surface area contributed by atoms with E-state index in [1.165, 1.54) is 0 Å². The maximum absolute atomic E-state index is 12.0. The van der Waals surface area contributed by atoms with Crippen molar-refractivity contribution in [3.05, 3.63) is 6.20 Å². The Labute approximate surface area is 67.6 Å². The van der Waals surface area contributed by atoms with Crippen molar-refractivity contribution in [2.24, 2.45) is 0 Å². The third kappa shape index (κ3) is 1.78. The number of hydrogen-bond acceptors (Lipinski definition) is 2. The maximum Gasteiger partial charge on any atom is 0.531 e. The second-order valence-corrected chi connectivity index (χ2v) is 2.76. The molecule has 0 aliphatic heterocycles. The SMILES string of the molecule is CC(C)n1ncc([B-](F)(F)F)n1. The van der Waals surface area contributed by atoms with E-state index in [9.17, 15) is 12.9 Å². The van der Waals surface area contributed by atoms with Crippen LogP contribution in [0, 0.1) is 0 Å². The van der Waals surface area contributed by atoms with Crippen LogP contribution in [0.25, 0.3) is 0 Å². The number of aromatic nitrogens is 3. The zero-order valence-electron chi connectivity index (χ0n) is 6.71. The first kappa shape index (κ1) is 9.09. The van der Waals surface area contributed by atoms with Gasteiger partial charge in [-0.3, -0.25) is 0 Å². The van der Waals surface area contributed by atoms with E-state index in [1.807, 2.05) is 0 Å². The number of hydrogen-bond donors (Lipinski definition) is 0. The van der Waals surface area contributed by atoms with Crippen LogP contribution >= 0.6 is 0 Å². The van der Waals surface area contributed by atoms with Crippen LogP contribution in [0.1, 0.15) is 19.9 Å². The van der Waals surface area contributed by atoms with Gasteiger partial charge in [-0.2, -0.15) is 15.0 Å². The van der Waals surface area contributed by atoms with Gasteiger partial charge in [0.25, 0.3) is 0 Å². The van der Waals surface area contributed by atoms with E-state index in [4.69, 9.17) is 0 Å². The Morgan fingerprint density at radius 1 is 1.42 bits per heavy atom. The molecule has 0 atom stereocenters. The van der Waals surface area contributed by atoms with Gasteiger partial charge < -0.3 is 12.9 Å². The molecule has 1 heterocycles. The highest BCUT2D eigenvalue weighted by molar-refractivity contribution is 6.72. The lowest BCUT2D eigenvalue weighted by Gasteiger charge is -2.09. The van der Waals surface area contributed by atoms with Crippen molar-refractivity contribution in [1.82, 2.24) is 15.0 Å². The van der Waals surface area contributed by atoms with Gasteiger partial charge in [0.2, 0.25) is 0 Å². The Bertz CT molecular complexity index is 267. The Morgan fingerprint density at radius 2 is 2.00 bits per heavy atom. The lowest BCUT2D eigenvalue weighted by molar-refractivity contribution is 0.460. The van der Waals surface area contributed by atoms with Crippen molar-refractivity contribution < 1.29 is 12.9 Å². The summed E-state index contributed by atoms with van der Waals surface area (Å²) in [6.45, 7) is -1.58. The van der Waals surface area contributed by atoms with Crippen molar-refractivity contribution in [3.8, 4) is 0 Å². The number of halogens is 3. The minimum Gasteiger partial charge on any atom is -0.444 e. The normalized spacial score (nSPS) is 12.5. The quantitative estimate of drug-likeness (QED) is 0.630. The average Bonchev–Trinajstić information content (AvgIpc) is 2.30. The van der Waals surface area contributed by atoms with Crippen LogP contribution in [0.4, 0.5) is 12.9 Å². The lowest BCUT2D eigenvalue weighted by atomic mass is 9.87. The van der Waals surface area contributed by atoms with E-state index in [1.54, 1.807) is 13.8 Å². The molecule has 0 spiro atoms. The van der Waals surface area contributed by atoms with Gasteiger partial charge in [-0.1, -0.05) is 0 Å². The van der Waals surface area contributed by atoms with Crippen LogP contribution in [0.3, 0.4) is 0 Å². The predicted molar refractivity (Wildman–Crippen MR) is 39.1 cm³/mol. The van der Waals surface area contributed by atoms with Gasteiger partial charge in [-0.15, -0.1) is 0 Å². The van der Waals surface area contributed by atoms with Crippen LogP contribution in [-0.4, -0.2) is 22.0 Å². The predicted octanol–water partition coefficient (Wildman–Crippen LogP) is 0.913. The first-order chi connectivity index (χ1) is 5.41. The van der Waals surface area contributed by atoms with Crippen molar-refractivity contribution in [2.45, 2.75) is 19.9 Å². The molecule has 0 radical (unpaired) electrons. The lowest BCUT2D eigenvalue weighted by Crippen LogP contribution is -2.35. The summed E-state index contributed by atoms with van der Waals surface area (Å²) in [5.74, 6) is 0. The van der Waals surface area contributed by atoms with E-state index >= 15 is 0 Å². The van der Waals surface area contributed by atoms with Crippen LogP contribution in [0.2, 0.25) is 0 Å². The number of rotatable bonds is 2. The average molecular weight is 178 g/mol. The molecule has 0 aromatic carbocycles. The molecular weight excluding hydrogens is 170 g/mol. The summed E-state index contributed by atoms with van der Waals surface area (Å²) in [5.41, 5.74) is -0.885. The van der Waals surface area contributed by atoms with Crippen molar-refractivity contribution >= 4 is 12.6 Å². The summed E-state index contributed by atoms with van der Waals surface area (Å²) in [6, 6.07) is -0.142. The molecular formula is C5H8BF3N3-. The highest BCUT2D eigenvalue weighted by Gasteiger charge is 2.29. The van der Waals surface area contributed by atoms with Gasteiger partial charge in [-0.05, 0) is 13.8 Å². The molecule has 0 N–H and O–H groups in total. The molecule has 1 aromatic heterocycles. The smallest absolute Gasteiger partial charge is 0.444 e. The second-order valence-electron chi connectivity index (χ2n) is 2.76. The highest BCUT2D eigenvalue weighted by atomic mass is 19.4. The largest absolute Gasteiger partial charge is 0.531 e. The maximum atomic E-state index is 12.0. The molecule has 1 rings (SSSR count). The van der Waals surface area contributed by atoms with Crippen molar-refractivity contribution in [3.63, 3.8) is 0 Å². The van der Waals surface area contributed by atoms with Crippen LogP contribution in [0.5, 0.6) is 0 Å². The Hall–Kier alpha value is -1.01. The molecule has 3 nitrogen and oxygen atoms in total. The molecule has 7 heteroatoms. The third-order valence-corrected chi connectivity index (χ3v) is 1.32. The summed E-state index contributed by atoms with van der Waals surface area (Å²) >= 11 is 0. The van der Waals surface area contributed by atoms with Gasteiger partial charge >= 0.3 is 6.98 Å². The Balaban J connectivity index is 2.92. The summed E-state index contributed by atoms with van der Waals surface area (Å²) in [7, 11) is 0. The van der Waals surface area contributed by atoms with E-state index in [-0.39, 0.29) is 6.04 Å². The van der Waals surface area contributed by atoms with Gasteiger partial charge in [0.15, 0.2) is 0 Å². The fraction of sp³-hybridized carbons (Fsp3) is 0.600. The van der Waals surface area contributed by atoms with E-state index in [0.29, 0.717) is 0 Å². The topological polar surface area (TPSA) is 30.7 Å². The summed E-state index contributed by atoms with van der Waals surface area (Å²) in [4.78, 5) is 1.05. The molecule has 12 heavy (non-hydrogen) atoms. The molecule has 68 valence electrons. The summed E-state index contributed by atoms with van der Waals surface area (Å²) in [6.07, 6.45) is 0.750. The standard InChI is InChI=1S/C5H8BF3N3/c1-4(2)12-10-3-5(11-12)6(7,8)9/h3-4H,1-2H3/q-1. The van der Waals surface area contributed by atoms with Gasteiger partial charge in [0.1, 0.15) is 0 Å². The Kier molecular flexibility index (Phi) is 2.12. The van der Waals surface area contributed by atoms with Gasteiger partial charge in [0, 0.05) is 11.8 Å².